The zero-order chi connectivity index (χ0) is 18.1. The fraction of sp³-hybridized carbons (Fsp3) is 0.500. The minimum Gasteiger partial charge on any atom is -0.492 e. The van der Waals surface area contributed by atoms with Crippen molar-refractivity contribution in [2.75, 3.05) is 33.8 Å². The van der Waals surface area contributed by atoms with Crippen LogP contribution in [-0.4, -0.2) is 54.8 Å². The van der Waals surface area contributed by atoms with Gasteiger partial charge in [-0.15, -0.1) is 0 Å². The standard InChI is InChI=1S/C18H27N5O2/c1-14(2)17-21-16(25-22-17)10-11-20-18(19-3)23(4)12-13-24-15-8-6-5-7-9-15/h5-9,14H,10-13H2,1-4H3,(H,19,20). The molecule has 0 aliphatic heterocycles. The Balaban J connectivity index is 1.71. The van der Waals surface area contributed by atoms with Crippen molar-refractivity contribution in [1.82, 2.24) is 20.4 Å². The number of nitrogens with zero attached hydrogens (tertiary/aromatic N) is 4. The molecule has 2 aromatic rings. The average molecular weight is 345 g/mol. The van der Waals surface area contributed by atoms with E-state index in [1.165, 1.54) is 0 Å². The summed E-state index contributed by atoms with van der Waals surface area (Å²) in [5.41, 5.74) is 0. The van der Waals surface area contributed by atoms with Gasteiger partial charge >= 0.3 is 0 Å². The number of nitrogens with one attached hydrogen (secondary N) is 1. The monoisotopic (exact) mass is 345 g/mol. The molecule has 0 amide bonds. The van der Waals surface area contributed by atoms with Crippen molar-refractivity contribution in [2.24, 2.45) is 4.99 Å². The molecule has 1 aromatic heterocycles. The second-order valence-electron chi connectivity index (χ2n) is 6.01. The molecule has 7 heteroatoms. The molecular weight excluding hydrogens is 318 g/mol. The number of aliphatic imine (C=N–C) groups is 1. The van der Waals surface area contributed by atoms with Crippen molar-refractivity contribution in [3.05, 3.63) is 42.0 Å². The Labute approximate surface area is 149 Å². The van der Waals surface area contributed by atoms with Gasteiger partial charge in [-0.3, -0.25) is 4.99 Å². The van der Waals surface area contributed by atoms with Gasteiger partial charge in [-0.2, -0.15) is 4.98 Å². The van der Waals surface area contributed by atoms with E-state index in [9.17, 15) is 0 Å². The highest BCUT2D eigenvalue weighted by atomic mass is 16.5. The Bertz CT molecular complexity index is 654. The molecule has 0 fully saturated rings. The first-order valence-corrected chi connectivity index (χ1v) is 8.52. The minimum absolute atomic E-state index is 0.272. The first kappa shape index (κ1) is 18.8. The van der Waals surface area contributed by atoms with Gasteiger partial charge in [0.1, 0.15) is 12.4 Å². The van der Waals surface area contributed by atoms with Gasteiger partial charge < -0.3 is 19.5 Å². The van der Waals surface area contributed by atoms with Crippen LogP contribution in [0, 0.1) is 0 Å². The number of likely N-dealkylation sites (N-methyl/N-ethyl adjacent to an activating group) is 1. The SMILES string of the molecule is CN=C(NCCc1nc(C(C)C)no1)N(C)CCOc1ccccc1. The molecule has 136 valence electrons. The summed E-state index contributed by atoms with van der Waals surface area (Å²) in [7, 11) is 3.74. The van der Waals surface area contributed by atoms with E-state index in [1.807, 2.05) is 56.1 Å². The molecule has 0 radical (unpaired) electrons. The summed E-state index contributed by atoms with van der Waals surface area (Å²) < 4.78 is 11.0. The highest BCUT2D eigenvalue weighted by molar-refractivity contribution is 5.79. The molecule has 7 nitrogen and oxygen atoms in total. The maximum Gasteiger partial charge on any atom is 0.228 e. The number of hydrogen-bond donors (Lipinski definition) is 1. The lowest BCUT2D eigenvalue weighted by Crippen LogP contribution is -2.41. The maximum absolute atomic E-state index is 5.71. The van der Waals surface area contributed by atoms with E-state index >= 15 is 0 Å². The van der Waals surface area contributed by atoms with Crippen molar-refractivity contribution in [3.8, 4) is 5.75 Å². The molecule has 0 atom stereocenters. The first-order chi connectivity index (χ1) is 12.1. The van der Waals surface area contributed by atoms with Gasteiger partial charge in [-0.1, -0.05) is 37.2 Å². The lowest BCUT2D eigenvalue weighted by Gasteiger charge is -2.21. The molecule has 0 aliphatic rings. The molecule has 1 N–H and O–H groups in total. The highest BCUT2D eigenvalue weighted by Crippen LogP contribution is 2.09. The summed E-state index contributed by atoms with van der Waals surface area (Å²) in [5.74, 6) is 3.33. The van der Waals surface area contributed by atoms with Crippen molar-refractivity contribution < 1.29 is 9.26 Å². The van der Waals surface area contributed by atoms with E-state index in [1.54, 1.807) is 7.05 Å². The number of para-hydroxylation sites is 1. The summed E-state index contributed by atoms with van der Waals surface area (Å²) >= 11 is 0. The molecule has 0 saturated heterocycles. The third-order valence-electron chi connectivity index (χ3n) is 3.63. The predicted molar refractivity (Wildman–Crippen MR) is 98.0 cm³/mol. The largest absolute Gasteiger partial charge is 0.492 e. The van der Waals surface area contributed by atoms with Gasteiger partial charge in [0.25, 0.3) is 0 Å². The van der Waals surface area contributed by atoms with Crippen LogP contribution < -0.4 is 10.1 Å². The van der Waals surface area contributed by atoms with Crippen LogP contribution in [0.1, 0.15) is 31.5 Å². The Hall–Kier alpha value is -2.57. The summed E-state index contributed by atoms with van der Waals surface area (Å²) in [6.07, 6.45) is 0.660. The fourth-order valence-electron chi connectivity index (χ4n) is 2.19. The van der Waals surface area contributed by atoms with Gasteiger partial charge in [-0.05, 0) is 12.1 Å². The molecule has 0 aliphatic carbocycles. The molecule has 25 heavy (non-hydrogen) atoms. The Morgan fingerprint density at radius 1 is 1.32 bits per heavy atom. The molecule has 0 unspecified atom stereocenters. The van der Waals surface area contributed by atoms with E-state index in [2.05, 4.69) is 20.4 Å². The summed E-state index contributed by atoms with van der Waals surface area (Å²) in [6.45, 7) is 6.08. The van der Waals surface area contributed by atoms with Crippen molar-refractivity contribution in [3.63, 3.8) is 0 Å². The number of rotatable bonds is 8. The van der Waals surface area contributed by atoms with E-state index < -0.39 is 0 Å². The van der Waals surface area contributed by atoms with Crippen molar-refractivity contribution in [1.29, 1.82) is 0 Å². The number of guanidine groups is 1. The lowest BCUT2D eigenvalue weighted by atomic mass is 10.2. The normalized spacial score (nSPS) is 11.6. The topological polar surface area (TPSA) is 75.8 Å². The maximum atomic E-state index is 5.71. The Morgan fingerprint density at radius 2 is 2.08 bits per heavy atom. The van der Waals surface area contributed by atoms with Crippen molar-refractivity contribution >= 4 is 5.96 Å². The van der Waals surface area contributed by atoms with E-state index in [-0.39, 0.29) is 5.92 Å². The Morgan fingerprint density at radius 3 is 2.72 bits per heavy atom. The molecule has 1 heterocycles. The summed E-state index contributed by atoms with van der Waals surface area (Å²) in [4.78, 5) is 10.7. The molecule has 1 aromatic carbocycles. The summed E-state index contributed by atoms with van der Waals surface area (Å²) in [5, 5.41) is 7.26. The predicted octanol–water partition coefficient (Wildman–Crippen LogP) is 2.32. The fourth-order valence-corrected chi connectivity index (χ4v) is 2.19. The van der Waals surface area contributed by atoms with Gasteiger partial charge in [0, 0.05) is 33.0 Å². The van der Waals surface area contributed by atoms with Crippen LogP contribution >= 0.6 is 0 Å². The lowest BCUT2D eigenvalue weighted by molar-refractivity contribution is 0.281. The smallest absolute Gasteiger partial charge is 0.228 e. The van der Waals surface area contributed by atoms with Gasteiger partial charge in [0.15, 0.2) is 11.8 Å². The third kappa shape index (κ3) is 6.10. The average Bonchev–Trinajstić information content (AvgIpc) is 3.09. The molecular formula is C18H27N5O2. The Kier molecular flexibility index (Phi) is 7.25. The number of aromatic nitrogens is 2. The molecule has 0 bridgehead atoms. The van der Waals surface area contributed by atoms with E-state index in [0.717, 1.165) is 24.1 Å². The van der Waals surface area contributed by atoms with E-state index in [0.29, 0.717) is 25.5 Å². The van der Waals surface area contributed by atoms with Crippen molar-refractivity contribution in [2.45, 2.75) is 26.2 Å². The van der Waals surface area contributed by atoms with E-state index in [4.69, 9.17) is 9.26 Å². The van der Waals surface area contributed by atoms with Crippen LogP contribution in [0.5, 0.6) is 5.75 Å². The molecule has 0 spiro atoms. The van der Waals surface area contributed by atoms with Crippen LogP contribution in [-0.2, 0) is 6.42 Å². The highest BCUT2D eigenvalue weighted by Gasteiger charge is 2.10. The molecule has 0 saturated carbocycles. The van der Waals surface area contributed by atoms with Crippen LogP contribution in [0.15, 0.2) is 39.8 Å². The van der Waals surface area contributed by atoms with Gasteiger partial charge in [0.05, 0.1) is 6.54 Å². The van der Waals surface area contributed by atoms with Crippen LogP contribution in [0.2, 0.25) is 0 Å². The third-order valence-corrected chi connectivity index (χ3v) is 3.63. The summed E-state index contributed by atoms with van der Waals surface area (Å²) in [6, 6.07) is 9.79. The number of hydrogen-bond acceptors (Lipinski definition) is 5. The second-order valence-corrected chi connectivity index (χ2v) is 6.01. The first-order valence-electron chi connectivity index (χ1n) is 8.52. The van der Waals surface area contributed by atoms with Gasteiger partial charge in [0.2, 0.25) is 5.89 Å². The number of ether oxygens (including phenoxy) is 1. The minimum atomic E-state index is 0.272. The zero-order valence-electron chi connectivity index (χ0n) is 15.4. The molecule has 2 rings (SSSR count). The zero-order valence-corrected chi connectivity index (χ0v) is 15.4. The quantitative estimate of drug-likeness (QED) is 0.584. The second kappa shape index (κ2) is 9.66. The number of benzene rings is 1. The van der Waals surface area contributed by atoms with Crippen LogP contribution in [0.25, 0.3) is 0 Å². The van der Waals surface area contributed by atoms with Crippen LogP contribution in [0.4, 0.5) is 0 Å². The van der Waals surface area contributed by atoms with Crippen LogP contribution in [0.3, 0.4) is 0 Å². The van der Waals surface area contributed by atoms with Gasteiger partial charge in [-0.25, -0.2) is 0 Å².